The van der Waals surface area contributed by atoms with Gasteiger partial charge < -0.3 is 14.7 Å². The highest BCUT2D eigenvalue weighted by Gasteiger charge is 2.19. The van der Waals surface area contributed by atoms with Crippen molar-refractivity contribution in [1.29, 1.82) is 0 Å². The Kier molecular flexibility index (Phi) is 7.87. The highest BCUT2D eigenvalue weighted by molar-refractivity contribution is 5.94. The molecule has 0 saturated carbocycles. The number of hydrogen-bond acceptors (Lipinski definition) is 5. The Morgan fingerprint density at radius 3 is 2.36 bits per heavy atom. The summed E-state index contributed by atoms with van der Waals surface area (Å²) >= 11 is 0. The van der Waals surface area contributed by atoms with Gasteiger partial charge in [-0.05, 0) is 30.5 Å². The molecular formula is C24H26F2N4O3. The summed E-state index contributed by atoms with van der Waals surface area (Å²) in [4.78, 5) is 30.4. The first-order valence-corrected chi connectivity index (χ1v) is 10.7. The van der Waals surface area contributed by atoms with Gasteiger partial charge in [0.15, 0.2) is 0 Å². The molecule has 0 radical (unpaired) electrons. The zero-order chi connectivity index (χ0) is 24.0. The number of halogens is 2. The summed E-state index contributed by atoms with van der Waals surface area (Å²) in [5.74, 6) is -1.62. The number of anilines is 1. The summed E-state index contributed by atoms with van der Waals surface area (Å²) < 4.78 is 32.7. The maximum atomic E-state index is 13.7. The number of hydrogen-bond donors (Lipinski definition) is 1. The van der Waals surface area contributed by atoms with E-state index in [1.54, 1.807) is 6.92 Å². The molecule has 0 aliphatic carbocycles. The molecule has 33 heavy (non-hydrogen) atoms. The number of aromatic nitrogens is 2. The average molecular weight is 456 g/mol. The molecule has 1 N–H and O–H groups in total. The van der Waals surface area contributed by atoms with Gasteiger partial charge in [0.25, 0.3) is 0 Å². The van der Waals surface area contributed by atoms with Crippen LogP contribution >= 0.6 is 0 Å². The second-order valence-electron chi connectivity index (χ2n) is 7.84. The second-order valence-corrected chi connectivity index (χ2v) is 7.84. The zero-order valence-corrected chi connectivity index (χ0v) is 18.8. The fourth-order valence-corrected chi connectivity index (χ4v) is 3.21. The molecule has 0 fully saturated rings. The molecule has 3 rings (SSSR count). The van der Waals surface area contributed by atoms with Crippen LogP contribution in [-0.2, 0) is 16.0 Å². The zero-order valence-electron chi connectivity index (χ0n) is 18.8. The molecule has 0 spiro atoms. The van der Waals surface area contributed by atoms with E-state index in [-0.39, 0.29) is 31.8 Å². The van der Waals surface area contributed by atoms with Crippen LogP contribution in [0.5, 0.6) is 0 Å². The number of aryl methyl sites for hydroxylation is 1. The molecule has 2 amide bonds. The molecular weight excluding hydrogens is 430 g/mol. The third-order valence-corrected chi connectivity index (χ3v) is 5.15. The molecule has 0 bridgehead atoms. The Balaban J connectivity index is 1.55. The highest BCUT2D eigenvalue weighted by Crippen LogP contribution is 2.21. The molecule has 1 aromatic heterocycles. The predicted molar refractivity (Wildman–Crippen MR) is 119 cm³/mol. The third kappa shape index (κ3) is 6.21. The number of nitrogens with one attached hydrogen (secondary N) is 1. The fourth-order valence-electron chi connectivity index (χ4n) is 3.21. The summed E-state index contributed by atoms with van der Waals surface area (Å²) in [6.07, 6.45) is 0.249. The summed E-state index contributed by atoms with van der Waals surface area (Å²) in [7, 11) is 0. The van der Waals surface area contributed by atoms with Crippen LogP contribution in [0.3, 0.4) is 0 Å². The van der Waals surface area contributed by atoms with Gasteiger partial charge in [-0.3, -0.25) is 9.59 Å². The first kappa shape index (κ1) is 24.0. The number of para-hydroxylation sites is 1. The largest absolute Gasteiger partial charge is 0.339 e. The second kappa shape index (κ2) is 10.8. The minimum absolute atomic E-state index is 0.0447. The SMILES string of the molecule is CCN(CC(=O)Nc1c(F)cccc1F)C(=O)CCc1nc(-c2ccc(C(C)C)cc2)no1. The van der Waals surface area contributed by atoms with Gasteiger partial charge in [0.1, 0.15) is 17.3 Å². The number of benzene rings is 2. The molecule has 9 heteroatoms. The minimum Gasteiger partial charge on any atom is -0.339 e. The van der Waals surface area contributed by atoms with Crippen molar-refractivity contribution in [2.45, 2.75) is 39.5 Å². The van der Waals surface area contributed by atoms with Crippen LogP contribution in [0, 0.1) is 11.6 Å². The molecule has 0 aliphatic rings. The van der Waals surface area contributed by atoms with Crippen LogP contribution in [-0.4, -0.2) is 39.9 Å². The quantitative estimate of drug-likeness (QED) is 0.510. The van der Waals surface area contributed by atoms with Crippen molar-refractivity contribution in [1.82, 2.24) is 15.0 Å². The topological polar surface area (TPSA) is 88.3 Å². The standard InChI is InChI=1S/C24H26F2N4O3/c1-4-30(14-20(31)27-23-18(25)6-5-7-19(23)26)22(32)13-12-21-28-24(29-33-21)17-10-8-16(9-11-17)15(2)3/h5-11,15H,4,12-14H2,1-3H3,(H,27,31). The van der Waals surface area contributed by atoms with Crippen LogP contribution in [0.15, 0.2) is 47.0 Å². The van der Waals surface area contributed by atoms with E-state index >= 15 is 0 Å². The monoisotopic (exact) mass is 456 g/mol. The summed E-state index contributed by atoms with van der Waals surface area (Å²) in [6, 6.07) is 11.1. The summed E-state index contributed by atoms with van der Waals surface area (Å²) in [5, 5.41) is 6.15. The van der Waals surface area contributed by atoms with Crippen LogP contribution in [0.2, 0.25) is 0 Å². The Hall–Kier alpha value is -3.62. The van der Waals surface area contributed by atoms with E-state index in [1.807, 2.05) is 24.3 Å². The normalized spacial score (nSPS) is 11.0. The minimum atomic E-state index is -0.885. The van der Waals surface area contributed by atoms with Crippen LogP contribution in [0.1, 0.15) is 44.6 Å². The van der Waals surface area contributed by atoms with Crippen LogP contribution in [0.4, 0.5) is 14.5 Å². The number of likely N-dealkylation sites (N-methyl/N-ethyl adjacent to an activating group) is 1. The van der Waals surface area contributed by atoms with Crippen LogP contribution < -0.4 is 5.32 Å². The lowest BCUT2D eigenvalue weighted by Crippen LogP contribution is -2.38. The predicted octanol–water partition coefficient (Wildman–Crippen LogP) is 4.56. The molecule has 2 aromatic carbocycles. The Bertz CT molecular complexity index is 1090. The van der Waals surface area contributed by atoms with Crippen molar-refractivity contribution in [3.05, 3.63) is 65.6 Å². The number of amides is 2. The van der Waals surface area contributed by atoms with Crippen molar-refractivity contribution in [2.75, 3.05) is 18.4 Å². The van der Waals surface area contributed by atoms with E-state index < -0.39 is 23.2 Å². The first-order valence-electron chi connectivity index (χ1n) is 10.7. The summed E-state index contributed by atoms with van der Waals surface area (Å²) in [6.45, 7) is 5.85. The van der Waals surface area contributed by atoms with Gasteiger partial charge >= 0.3 is 0 Å². The van der Waals surface area contributed by atoms with E-state index in [9.17, 15) is 18.4 Å². The summed E-state index contributed by atoms with van der Waals surface area (Å²) in [5.41, 5.74) is 1.48. The van der Waals surface area contributed by atoms with Gasteiger partial charge in [0, 0.05) is 24.9 Å². The molecule has 7 nitrogen and oxygen atoms in total. The Labute approximate surface area is 190 Å². The van der Waals surface area contributed by atoms with Crippen molar-refractivity contribution in [2.24, 2.45) is 0 Å². The number of nitrogens with zero attached hydrogens (tertiary/aromatic N) is 3. The Morgan fingerprint density at radius 2 is 1.76 bits per heavy atom. The van der Waals surface area contributed by atoms with Gasteiger partial charge in [-0.2, -0.15) is 4.98 Å². The van der Waals surface area contributed by atoms with Crippen LogP contribution in [0.25, 0.3) is 11.4 Å². The smallest absolute Gasteiger partial charge is 0.244 e. The molecule has 0 aliphatic heterocycles. The van der Waals surface area contributed by atoms with E-state index in [0.717, 1.165) is 17.7 Å². The number of rotatable bonds is 9. The molecule has 3 aromatic rings. The van der Waals surface area contributed by atoms with E-state index in [4.69, 9.17) is 4.52 Å². The maximum Gasteiger partial charge on any atom is 0.244 e. The van der Waals surface area contributed by atoms with Gasteiger partial charge in [-0.15, -0.1) is 0 Å². The van der Waals surface area contributed by atoms with E-state index in [0.29, 0.717) is 17.6 Å². The van der Waals surface area contributed by atoms with Crippen molar-refractivity contribution in [3.63, 3.8) is 0 Å². The van der Waals surface area contributed by atoms with Crippen molar-refractivity contribution >= 4 is 17.5 Å². The van der Waals surface area contributed by atoms with Gasteiger partial charge in [0.05, 0.1) is 6.54 Å². The lowest BCUT2D eigenvalue weighted by Gasteiger charge is -2.20. The van der Waals surface area contributed by atoms with Gasteiger partial charge in [0.2, 0.25) is 23.5 Å². The van der Waals surface area contributed by atoms with Gasteiger partial charge in [-0.1, -0.05) is 49.3 Å². The third-order valence-electron chi connectivity index (χ3n) is 5.15. The molecule has 1 heterocycles. The highest BCUT2D eigenvalue weighted by atomic mass is 19.1. The molecule has 0 atom stereocenters. The number of carbonyl (C=O) groups is 2. The average Bonchev–Trinajstić information content (AvgIpc) is 3.27. The van der Waals surface area contributed by atoms with E-state index in [2.05, 4.69) is 29.3 Å². The Morgan fingerprint density at radius 1 is 1.09 bits per heavy atom. The molecule has 0 saturated heterocycles. The van der Waals surface area contributed by atoms with Crippen molar-refractivity contribution < 1.29 is 22.9 Å². The fraction of sp³-hybridized carbons (Fsp3) is 0.333. The lowest BCUT2D eigenvalue weighted by molar-refractivity contribution is -0.134. The lowest BCUT2D eigenvalue weighted by atomic mass is 10.0. The molecule has 174 valence electrons. The van der Waals surface area contributed by atoms with Gasteiger partial charge in [-0.25, -0.2) is 8.78 Å². The maximum absolute atomic E-state index is 13.7. The van der Waals surface area contributed by atoms with E-state index in [1.165, 1.54) is 16.5 Å². The molecule has 0 unspecified atom stereocenters. The first-order chi connectivity index (χ1) is 15.8. The number of carbonyl (C=O) groups excluding carboxylic acids is 2. The van der Waals surface area contributed by atoms with Crippen molar-refractivity contribution in [3.8, 4) is 11.4 Å².